The molecule has 0 unspecified atom stereocenters. The first kappa shape index (κ1) is 30.8. The van der Waals surface area contributed by atoms with Crippen LogP contribution in [0, 0.1) is 0 Å². The number of rotatable bonds is 3. The third-order valence-electron chi connectivity index (χ3n) is 12.7. The molecule has 3 nitrogen and oxygen atoms in total. The predicted molar refractivity (Wildman–Crippen MR) is 248 cm³/mol. The summed E-state index contributed by atoms with van der Waals surface area (Å²) in [6.45, 7) is 0. The van der Waals surface area contributed by atoms with Gasteiger partial charge in [-0.05, 0) is 88.6 Å². The fraction of sp³-hybridized carbons (Fsp3) is 0. The van der Waals surface area contributed by atoms with E-state index in [-0.39, 0.29) is 0 Å². The maximum atomic E-state index is 5.73. The summed E-state index contributed by atoms with van der Waals surface area (Å²) < 4.78 is 4.67. The Morgan fingerprint density at radius 2 is 0.931 bits per heavy atom. The van der Waals surface area contributed by atoms with Crippen molar-refractivity contribution in [2.24, 2.45) is 0 Å². The van der Waals surface area contributed by atoms with Crippen LogP contribution in [0.5, 0.6) is 0 Å². The molecule has 0 saturated carbocycles. The molecule has 0 N–H and O–H groups in total. The van der Waals surface area contributed by atoms with E-state index < -0.39 is 0 Å². The van der Waals surface area contributed by atoms with Gasteiger partial charge in [0.2, 0.25) is 5.95 Å². The monoisotopic (exact) mass is 751 g/mol. The first-order valence-electron chi connectivity index (χ1n) is 19.8. The van der Waals surface area contributed by atoms with E-state index in [2.05, 4.69) is 180 Å². The van der Waals surface area contributed by atoms with E-state index in [4.69, 9.17) is 9.97 Å². The first-order chi connectivity index (χ1) is 28.8. The van der Waals surface area contributed by atoms with Crippen molar-refractivity contribution in [3.8, 4) is 28.3 Å². The molecule has 0 spiro atoms. The average molecular weight is 752 g/mol. The minimum atomic E-state index is 0.684. The zero-order valence-corrected chi connectivity index (χ0v) is 31.8. The Kier molecular flexibility index (Phi) is 5.91. The molecule has 14 aromatic rings. The van der Waals surface area contributed by atoms with Crippen molar-refractivity contribution in [1.29, 1.82) is 0 Å². The van der Waals surface area contributed by atoms with Crippen molar-refractivity contribution in [2.45, 2.75) is 0 Å². The molecule has 0 aliphatic carbocycles. The molecule has 0 amide bonds. The maximum absolute atomic E-state index is 5.73. The third-order valence-corrected chi connectivity index (χ3v) is 13.9. The van der Waals surface area contributed by atoms with Crippen molar-refractivity contribution >= 4 is 118 Å². The Hall–Kier alpha value is -7.40. The highest BCUT2D eigenvalue weighted by Crippen LogP contribution is 2.51. The van der Waals surface area contributed by atoms with Crippen molar-refractivity contribution in [3.05, 3.63) is 176 Å². The largest absolute Gasteiger partial charge is 0.278 e. The Labute approximate surface area is 335 Å². The summed E-state index contributed by atoms with van der Waals surface area (Å²) in [6.07, 6.45) is 0. The number of aromatic nitrogens is 3. The number of benzene rings is 9. The van der Waals surface area contributed by atoms with Gasteiger partial charge in [-0.15, -0.1) is 11.3 Å². The molecule has 0 bridgehead atoms. The lowest BCUT2D eigenvalue weighted by Gasteiger charge is -2.14. The van der Waals surface area contributed by atoms with Crippen LogP contribution in [0.25, 0.3) is 135 Å². The summed E-state index contributed by atoms with van der Waals surface area (Å²) in [4.78, 5) is 11.3. The van der Waals surface area contributed by atoms with Crippen LogP contribution in [-0.2, 0) is 0 Å². The van der Waals surface area contributed by atoms with E-state index in [1.54, 1.807) is 11.3 Å². The number of fused-ring (bicyclic) bond motifs is 10. The van der Waals surface area contributed by atoms with E-state index in [1.165, 1.54) is 91.2 Å². The smallest absolute Gasteiger partial charge is 0.235 e. The third kappa shape index (κ3) is 3.87. The van der Waals surface area contributed by atoms with Gasteiger partial charge in [-0.1, -0.05) is 158 Å². The highest BCUT2D eigenvalue weighted by atomic mass is 32.1. The zero-order valence-electron chi connectivity index (χ0n) is 31.0. The van der Waals surface area contributed by atoms with E-state index >= 15 is 0 Å². The van der Waals surface area contributed by atoms with Crippen LogP contribution < -0.4 is 0 Å². The lowest BCUT2D eigenvalue weighted by molar-refractivity contribution is 1.02. The minimum absolute atomic E-state index is 0.684. The zero-order chi connectivity index (χ0) is 37.6. The van der Waals surface area contributed by atoms with Gasteiger partial charge in [-0.2, -0.15) is 0 Å². The molecule has 3 heterocycles. The van der Waals surface area contributed by atoms with Gasteiger partial charge in [0.05, 0.1) is 26.9 Å². The van der Waals surface area contributed by atoms with Gasteiger partial charge in [0.25, 0.3) is 0 Å². The summed E-state index contributed by atoms with van der Waals surface area (Å²) >= 11 is 1.78. The van der Waals surface area contributed by atoms with E-state index in [0.29, 0.717) is 5.95 Å². The summed E-state index contributed by atoms with van der Waals surface area (Å²) in [5.74, 6) is 0.684. The number of hydrogen-bond acceptors (Lipinski definition) is 3. The first-order valence-corrected chi connectivity index (χ1v) is 20.7. The van der Waals surface area contributed by atoms with Gasteiger partial charge in [-0.3, -0.25) is 4.57 Å². The minimum Gasteiger partial charge on any atom is -0.278 e. The van der Waals surface area contributed by atoms with Crippen molar-refractivity contribution in [1.82, 2.24) is 14.5 Å². The second-order valence-corrected chi connectivity index (χ2v) is 16.6. The van der Waals surface area contributed by atoms with Crippen LogP contribution in [0.15, 0.2) is 176 Å². The molecule has 0 fully saturated rings. The van der Waals surface area contributed by atoms with Crippen LogP contribution in [-0.4, -0.2) is 14.5 Å². The summed E-state index contributed by atoms with van der Waals surface area (Å²) in [5.41, 5.74) is 7.71. The van der Waals surface area contributed by atoms with Crippen LogP contribution in [0.3, 0.4) is 0 Å². The Balaban J connectivity index is 1.18. The molecule has 0 saturated heterocycles. The summed E-state index contributed by atoms with van der Waals surface area (Å²) in [5, 5.41) is 18.9. The molecule has 58 heavy (non-hydrogen) atoms. The maximum Gasteiger partial charge on any atom is 0.235 e. The number of thiophene rings is 1. The Bertz CT molecular complexity index is 4030. The molecular formula is C54H29N3S. The Morgan fingerprint density at radius 3 is 1.67 bits per heavy atom. The molecule has 0 atom stereocenters. The van der Waals surface area contributed by atoms with Crippen LogP contribution >= 0.6 is 11.3 Å². The topological polar surface area (TPSA) is 30.7 Å². The highest BCUT2D eigenvalue weighted by Gasteiger charge is 2.26. The normalized spacial score (nSPS) is 12.5. The van der Waals surface area contributed by atoms with Crippen LogP contribution in [0.1, 0.15) is 0 Å². The second-order valence-electron chi connectivity index (χ2n) is 15.6. The van der Waals surface area contributed by atoms with Crippen LogP contribution in [0.2, 0.25) is 0 Å². The molecule has 0 aliphatic heterocycles. The molecule has 3 aromatic heterocycles. The lowest BCUT2D eigenvalue weighted by atomic mass is 9.93. The average Bonchev–Trinajstić information content (AvgIpc) is 3.91. The van der Waals surface area contributed by atoms with Gasteiger partial charge < -0.3 is 0 Å². The summed E-state index contributed by atoms with van der Waals surface area (Å²) in [7, 11) is 0. The number of nitrogens with zero attached hydrogens (tertiary/aromatic N) is 3. The highest BCUT2D eigenvalue weighted by molar-refractivity contribution is 7.26. The standard InChI is InChI=1S/C54H29N3S/c1-2-13-30(14-3-1)31-25-28-41(36-19-8-4-15-32(31)36)51-53-52(42-21-10-11-24-46(42)58-53)56-54(55-51)57-44-23-12-22-38-33-16-5-6-17-34(33)40-27-26-39-35-18-7-9-20-37(35)43-29-45(57)50(48(38)44)49(40)47(39)43/h1-29H. The molecule has 14 rings (SSSR count). The molecule has 0 radical (unpaired) electrons. The molecule has 11 aromatic carbocycles. The van der Waals surface area contributed by atoms with Gasteiger partial charge >= 0.3 is 0 Å². The molecular weight excluding hydrogens is 723 g/mol. The van der Waals surface area contributed by atoms with Crippen molar-refractivity contribution < 1.29 is 0 Å². The Morgan fingerprint density at radius 1 is 0.362 bits per heavy atom. The van der Waals surface area contributed by atoms with Crippen molar-refractivity contribution in [3.63, 3.8) is 0 Å². The molecule has 266 valence electrons. The van der Waals surface area contributed by atoms with Gasteiger partial charge in [0.1, 0.15) is 0 Å². The molecule has 0 aliphatic rings. The summed E-state index contributed by atoms with van der Waals surface area (Å²) in [6, 6.07) is 64.4. The number of hydrogen-bond donors (Lipinski definition) is 0. The van der Waals surface area contributed by atoms with Gasteiger partial charge in [-0.25, -0.2) is 9.97 Å². The van der Waals surface area contributed by atoms with E-state index in [1.807, 2.05) is 0 Å². The molecule has 4 heteroatoms. The van der Waals surface area contributed by atoms with Crippen LogP contribution in [0.4, 0.5) is 0 Å². The SMILES string of the molecule is c1ccc(-c2ccc(-c3nc(-n4c5cccc6c7ccccc7c7ccc8c9ccccc9c9cc4c(c7c89)c65)nc4c3sc3ccccc34)c3ccccc23)cc1. The van der Waals surface area contributed by atoms with Gasteiger partial charge in [0, 0.05) is 31.8 Å². The predicted octanol–water partition coefficient (Wildman–Crippen LogP) is 15.1. The fourth-order valence-electron chi connectivity index (χ4n) is 10.3. The second kappa shape index (κ2) is 11.1. The fourth-order valence-corrected chi connectivity index (χ4v) is 11.5. The quantitative estimate of drug-likeness (QED) is 0.180. The van der Waals surface area contributed by atoms with Gasteiger partial charge in [0.15, 0.2) is 0 Å². The van der Waals surface area contributed by atoms with E-state index in [9.17, 15) is 0 Å². The van der Waals surface area contributed by atoms with E-state index in [0.717, 1.165) is 37.9 Å². The van der Waals surface area contributed by atoms with Crippen molar-refractivity contribution in [2.75, 3.05) is 0 Å². The lowest BCUT2D eigenvalue weighted by Crippen LogP contribution is -2.03.